The largest absolute Gasteiger partial charge is 0.454 e. The molecule has 8 nitrogen and oxygen atoms in total. The van der Waals surface area contributed by atoms with Crippen LogP contribution < -0.4 is 20.3 Å². The second-order valence-corrected chi connectivity index (χ2v) is 8.59. The van der Waals surface area contributed by atoms with Crippen LogP contribution in [0.15, 0.2) is 23.0 Å². The first-order valence-electron chi connectivity index (χ1n) is 11.1. The highest BCUT2D eigenvalue weighted by molar-refractivity contribution is 5.90. The third-order valence-corrected chi connectivity index (χ3v) is 6.81. The summed E-state index contributed by atoms with van der Waals surface area (Å²) in [6.07, 6.45) is -0.0963. The zero-order valence-corrected chi connectivity index (χ0v) is 18.1. The lowest BCUT2D eigenvalue weighted by Crippen LogP contribution is -2.33. The molecule has 8 heteroatoms. The minimum absolute atomic E-state index is 0.0647. The summed E-state index contributed by atoms with van der Waals surface area (Å²) in [5, 5.41) is 14.6. The molecule has 1 unspecified atom stereocenters. The maximum absolute atomic E-state index is 13.4. The topological polar surface area (TPSA) is 94.8 Å². The molecule has 0 spiro atoms. The van der Waals surface area contributed by atoms with E-state index >= 15 is 0 Å². The van der Waals surface area contributed by atoms with Gasteiger partial charge in [-0.25, -0.2) is 4.98 Å². The van der Waals surface area contributed by atoms with E-state index in [4.69, 9.17) is 19.2 Å². The Kier molecular flexibility index (Phi) is 4.50. The number of nitrogens with zero attached hydrogens (tertiary/aromatic N) is 2. The van der Waals surface area contributed by atoms with Gasteiger partial charge in [0.1, 0.15) is 0 Å². The molecule has 2 atom stereocenters. The van der Waals surface area contributed by atoms with Crippen LogP contribution in [-0.2, 0) is 24.3 Å². The van der Waals surface area contributed by atoms with Crippen LogP contribution >= 0.6 is 0 Å². The van der Waals surface area contributed by atoms with Crippen molar-refractivity contribution in [2.24, 2.45) is 0 Å². The number of fused-ring (bicyclic) bond motifs is 6. The summed E-state index contributed by atoms with van der Waals surface area (Å²) in [5.74, 6) is 1.15. The second kappa shape index (κ2) is 7.30. The third-order valence-electron chi connectivity index (χ3n) is 6.81. The van der Waals surface area contributed by atoms with Gasteiger partial charge in [0.15, 0.2) is 17.8 Å². The van der Waals surface area contributed by atoms with Crippen LogP contribution in [0.5, 0.6) is 11.5 Å². The number of hydrogen-bond acceptors (Lipinski definition) is 7. The van der Waals surface area contributed by atoms with Crippen molar-refractivity contribution in [3.05, 3.63) is 50.8 Å². The maximum Gasteiger partial charge on any atom is 0.257 e. The predicted octanol–water partition coefficient (Wildman–Crippen LogP) is 2.26. The monoisotopic (exact) mass is 435 g/mol. The lowest BCUT2D eigenvalue weighted by atomic mass is 9.93. The van der Waals surface area contributed by atoms with Gasteiger partial charge in [0.2, 0.25) is 6.79 Å². The van der Waals surface area contributed by atoms with Gasteiger partial charge < -0.3 is 29.2 Å². The lowest BCUT2D eigenvalue weighted by molar-refractivity contribution is -0.130. The van der Waals surface area contributed by atoms with Crippen LogP contribution in [0.4, 0.5) is 0 Å². The van der Waals surface area contributed by atoms with Crippen molar-refractivity contribution >= 4 is 10.9 Å². The molecular formula is C24H25N3O5. The van der Waals surface area contributed by atoms with Gasteiger partial charge in [-0.15, -0.1) is 0 Å². The summed E-state index contributed by atoms with van der Waals surface area (Å²) in [6, 6.07) is 5.95. The molecule has 0 fully saturated rings. The van der Waals surface area contributed by atoms with Gasteiger partial charge in [0.25, 0.3) is 5.56 Å². The molecule has 0 saturated heterocycles. The molecule has 0 saturated carbocycles. The fourth-order valence-corrected chi connectivity index (χ4v) is 5.05. The molecule has 0 aliphatic carbocycles. The number of ether oxygens (including phenoxy) is 3. The Morgan fingerprint density at radius 3 is 2.84 bits per heavy atom. The van der Waals surface area contributed by atoms with E-state index in [1.165, 1.54) is 5.56 Å². The Morgan fingerprint density at radius 2 is 2.03 bits per heavy atom. The Morgan fingerprint density at radius 1 is 1.22 bits per heavy atom. The van der Waals surface area contributed by atoms with Crippen LogP contribution in [-0.4, -0.2) is 40.8 Å². The number of rotatable bonds is 4. The van der Waals surface area contributed by atoms with E-state index in [1.807, 2.05) is 25.1 Å². The van der Waals surface area contributed by atoms with Gasteiger partial charge in [-0.3, -0.25) is 4.79 Å². The predicted molar refractivity (Wildman–Crippen MR) is 118 cm³/mol. The van der Waals surface area contributed by atoms with Crippen LogP contribution in [0.3, 0.4) is 0 Å². The lowest BCUT2D eigenvalue weighted by Gasteiger charge is -2.28. The fourth-order valence-electron chi connectivity index (χ4n) is 5.05. The first-order valence-corrected chi connectivity index (χ1v) is 11.1. The molecule has 2 aromatic heterocycles. The third kappa shape index (κ3) is 2.80. The number of nitrogens with one attached hydrogen (secondary N) is 1. The summed E-state index contributed by atoms with van der Waals surface area (Å²) in [4.78, 5) is 18.4. The van der Waals surface area contributed by atoms with Crippen LogP contribution in [0.1, 0.15) is 42.0 Å². The van der Waals surface area contributed by atoms with E-state index in [9.17, 15) is 9.90 Å². The molecule has 5 heterocycles. The Balaban J connectivity index is 1.58. The quantitative estimate of drug-likeness (QED) is 0.475. The number of aliphatic hydroxyl groups is 1. The number of likely N-dealkylation sites (N-methyl/N-ethyl adjacent to an activating group) is 1. The normalized spacial score (nSPS) is 20.3. The van der Waals surface area contributed by atoms with Gasteiger partial charge >= 0.3 is 0 Å². The molecule has 3 aromatic rings. The van der Waals surface area contributed by atoms with E-state index in [1.54, 1.807) is 4.57 Å². The molecule has 166 valence electrons. The Labute approximate surface area is 184 Å². The van der Waals surface area contributed by atoms with E-state index in [-0.39, 0.29) is 24.9 Å². The van der Waals surface area contributed by atoms with Crippen molar-refractivity contribution in [1.82, 2.24) is 14.9 Å². The van der Waals surface area contributed by atoms with Crippen LogP contribution in [0.2, 0.25) is 0 Å². The molecule has 1 aromatic carbocycles. The number of aliphatic hydroxyl groups excluding tert-OH is 1. The molecule has 6 rings (SSSR count). The number of benzene rings is 1. The molecule has 3 aliphatic rings. The van der Waals surface area contributed by atoms with Crippen LogP contribution in [0, 0.1) is 0 Å². The van der Waals surface area contributed by atoms with Crippen molar-refractivity contribution in [3.8, 4) is 22.9 Å². The van der Waals surface area contributed by atoms with Gasteiger partial charge in [-0.05, 0) is 42.8 Å². The number of hydrogen-bond donors (Lipinski definition) is 2. The molecule has 0 bridgehead atoms. The average molecular weight is 435 g/mol. The molecule has 32 heavy (non-hydrogen) atoms. The zero-order valence-electron chi connectivity index (χ0n) is 18.1. The minimum Gasteiger partial charge on any atom is -0.454 e. The highest BCUT2D eigenvalue weighted by Gasteiger charge is 2.33. The van der Waals surface area contributed by atoms with E-state index in [0.29, 0.717) is 17.9 Å². The van der Waals surface area contributed by atoms with Gasteiger partial charge in [0.05, 0.1) is 30.1 Å². The van der Waals surface area contributed by atoms with Crippen molar-refractivity contribution in [2.75, 3.05) is 19.9 Å². The van der Waals surface area contributed by atoms with Gasteiger partial charge in [-0.1, -0.05) is 13.8 Å². The fraction of sp³-hybridized carbons (Fsp3) is 0.417. The molecule has 0 amide bonds. The van der Waals surface area contributed by atoms with Gasteiger partial charge in [-0.2, -0.15) is 0 Å². The van der Waals surface area contributed by atoms with Crippen molar-refractivity contribution in [1.29, 1.82) is 0 Å². The van der Waals surface area contributed by atoms with Crippen LogP contribution in [0.25, 0.3) is 22.3 Å². The maximum atomic E-state index is 13.4. The summed E-state index contributed by atoms with van der Waals surface area (Å²) in [6.45, 7) is 6.51. The summed E-state index contributed by atoms with van der Waals surface area (Å²) in [7, 11) is 0. The highest BCUT2D eigenvalue weighted by atomic mass is 16.7. The van der Waals surface area contributed by atoms with E-state index < -0.39 is 6.29 Å². The van der Waals surface area contributed by atoms with Crippen molar-refractivity contribution in [2.45, 2.75) is 45.6 Å². The van der Waals surface area contributed by atoms with Gasteiger partial charge in [0, 0.05) is 28.5 Å². The summed E-state index contributed by atoms with van der Waals surface area (Å²) >= 11 is 0. The summed E-state index contributed by atoms with van der Waals surface area (Å²) in [5.41, 5.74) is 6.11. The first kappa shape index (κ1) is 19.7. The van der Waals surface area contributed by atoms with E-state index in [0.717, 1.165) is 58.7 Å². The smallest absolute Gasteiger partial charge is 0.257 e. The zero-order chi connectivity index (χ0) is 22.0. The van der Waals surface area contributed by atoms with Crippen molar-refractivity contribution < 1.29 is 19.3 Å². The minimum atomic E-state index is -0.911. The average Bonchev–Trinajstić information content (AvgIpc) is 3.39. The summed E-state index contributed by atoms with van der Waals surface area (Å²) < 4.78 is 18.4. The highest BCUT2D eigenvalue weighted by Crippen LogP contribution is 2.42. The Bertz CT molecular complexity index is 1320. The number of pyridine rings is 2. The Hall–Kier alpha value is -2.94. The molecular weight excluding hydrogens is 410 g/mol. The molecule has 3 aliphatic heterocycles. The SMILES string of the molecule is CCNCCc1c2c(nc3cc4c(cc13)OCO4)-c1cc3c(c(=O)n1C2)COC(O)[C@H]3C. The van der Waals surface area contributed by atoms with E-state index in [2.05, 4.69) is 12.2 Å². The standard InChI is InChI=1S/C24H25N3O5/c1-3-25-5-4-13-15-7-20-21(32-11-31-20)8-18(15)26-22-16(13)9-27-19(22)6-14-12(2)24(29)30-10-17(14)23(27)28/h6-8,12,24-25,29H,3-5,9-11H2,1-2H3/t12-,24?/m0/s1. The number of aromatic nitrogens is 2. The molecule has 0 radical (unpaired) electrons. The molecule has 2 N–H and O–H groups in total. The first-order chi connectivity index (χ1) is 15.6. The van der Waals surface area contributed by atoms with Crippen molar-refractivity contribution in [3.63, 3.8) is 0 Å². The second-order valence-electron chi connectivity index (χ2n) is 8.59.